The maximum absolute atomic E-state index is 6.31. The predicted octanol–water partition coefficient (Wildman–Crippen LogP) is 4.85. The number of rotatable bonds is 2. The van der Waals surface area contributed by atoms with E-state index < -0.39 is 0 Å². The molecule has 0 amide bonds. The Balaban J connectivity index is 1.91. The van der Waals surface area contributed by atoms with Gasteiger partial charge in [-0.25, -0.2) is 4.42 Å². The van der Waals surface area contributed by atoms with E-state index in [1.165, 1.54) is 29.4 Å². The molecule has 2 heteroatoms. The van der Waals surface area contributed by atoms with Crippen LogP contribution in [0.4, 0.5) is 0 Å². The second-order valence-electron chi connectivity index (χ2n) is 5.96. The van der Waals surface area contributed by atoms with Crippen LogP contribution in [0.3, 0.4) is 0 Å². The molecule has 2 nitrogen and oxygen atoms in total. The summed E-state index contributed by atoms with van der Waals surface area (Å²) >= 11 is 0. The van der Waals surface area contributed by atoms with E-state index in [0.29, 0.717) is 5.92 Å². The highest BCUT2D eigenvalue weighted by Gasteiger charge is 2.28. The molecule has 0 atom stereocenters. The second-order valence-corrected chi connectivity index (χ2v) is 5.96. The molecule has 3 aromatic rings. The molecule has 0 radical (unpaired) electrons. The van der Waals surface area contributed by atoms with Gasteiger partial charge in [0.05, 0.1) is 16.5 Å². The third-order valence-electron chi connectivity index (χ3n) is 4.52. The Morgan fingerprint density at radius 3 is 2.41 bits per heavy atom. The molecule has 0 saturated carbocycles. The molecule has 1 fully saturated rings. The molecule has 0 spiro atoms. The van der Waals surface area contributed by atoms with Crippen LogP contribution < -0.4 is 5.32 Å². The Hall–Kier alpha value is -2.19. The first-order chi connectivity index (χ1) is 10.9. The first-order valence-corrected chi connectivity index (χ1v) is 8.04. The van der Waals surface area contributed by atoms with Crippen LogP contribution in [0, 0.1) is 0 Å². The first-order valence-electron chi connectivity index (χ1n) is 8.04. The maximum Gasteiger partial charge on any atom is 0.364 e. The number of fused-ring (bicyclic) bond motifs is 1. The van der Waals surface area contributed by atoms with E-state index >= 15 is 0 Å². The molecule has 1 aliphatic rings. The third kappa shape index (κ3) is 2.51. The molecule has 2 aromatic carbocycles. The van der Waals surface area contributed by atoms with Crippen molar-refractivity contribution in [3.63, 3.8) is 0 Å². The van der Waals surface area contributed by atoms with Crippen molar-refractivity contribution in [1.82, 2.24) is 5.32 Å². The molecule has 1 N–H and O–H groups in total. The van der Waals surface area contributed by atoms with Gasteiger partial charge in [-0.05, 0) is 56.1 Å². The van der Waals surface area contributed by atoms with Crippen molar-refractivity contribution in [3.8, 4) is 11.3 Å². The van der Waals surface area contributed by atoms with Gasteiger partial charge in [0.25, 0.3) is 0 Å². The number of hydrogen-bond donors (Lipinski definition) is 1. The Morgan fingerprint density at radius 1 is 0.864 bits per heavy atom. The molecule has 1 aromatic heterocycles. The van der Waals surface area contributed by atoms with E-state index in [1.54, 1.807) is 0 Å². The summed E-state index contributed by atoms with van der Waals surface area (Å²) in [7, 11) is 0. The van der Waals surface area contributed by atoms with Crippen LogP contribution in [-0.2, 0) is 0 Å². The van der Waals surface area contributed by atoms with Crippen molar-refractivity contribution in [2.75, 3.05) is 13.1 Å². The third-order valence-corrected chi connectivity index (χ3v) is 4.52. The summed E-state index contributed by atoms with van der Waals surface area (Å²) in [6.45, 7) is 2.18. The average molecular weight is 290 g/mol. The Morgan fingerprint density at radius 2 is 1.59 bits per heavy atom. The van der Waals surface area contributed by atoms with Crippen molar-refractivity contribution < 1.29 is 4.42 Å². The molecule has 110 valence electrons. The minimum atomic E-state index is 0.574. The van der Waals surface area contributed by atoms with E-state index in [-0.39, 0.29) is 0 Å². The van der Waals surface area contributed by atoms with Gasteiger partial charge in [0.2, 0.25) is 0 Å². The molecular weight excluding hydrogens is 270 g/mol. The Kier molecular flexibility index (Phi) is 3.61. The van der Waals surface area contributed by atoms with Crippen LogP contribution in [0.15, 0.2) is 65.1 Å². The van der Waals surface area contributed by atoms with Crippen molar-refractivity contribution in [1.29, 1.82) is 0 Å². The van der Waals surface area contributed by atoms with Gasteiger partial charge in [0, 0.05) is 6.07 Å². The lowest BCUT2D eigenvalue weighted by Crippen LogP contribution is -2.26. The molecule has 0 bridgehead atoms. The molecule has 22 heavy (non-hydrogen) atoms. The lowest BCUT2D eigenvalue weighted by atomic mass is 9.87. The van der Waals surface area contributed by atoms with Gasteiger partial charge in [0.1, 0.15) is 0 Å². The summed E-state index contributed by atoms with van der Waals surface area (Å²) in [4.78, 5) is 0. The molecule has 0 aliphatic carbocycles. The zero-order chi connectivity index (χ0) is 14.8. The van der Waals surface area contributed by atoms with Gasteiger partial charge in [-0.3, -0.25) is 0 Å². The molecule has 2 heterocycles. The van der Waals surface area contributed by atoms with Crippen molar-refractivity contribution >= 4 is 11.0 Å². The average Bonchev–Trinajstić information content (AvgIpc) is 2.62. The number of nitrogens with one attached hydrogen (secondary N) is 1. The van der Waals surface area contributed by atoms with Gasteiger partial charge in [-0.2, -0.15) is 0 Å². The maximum atomic E-state index is 6.31. The predicted molar refractivity (Wildman–Crippen MR) is 90.9 cm³/mol. The van der Waals surface area contributed by atoms with E-state index in [9.17, 15) is 0 Å². The first kappa shape index (κ1) is 13.5. The minimum absolute atomic E-state index is 0.574. The van der Waals surface area contributed by atoms with Gasteiger partial charge in [-0.1, -0.05) is 30.3 Å². The van der Waals surface area contributed by atoms with E-state index in [2.05, 4.69) is 53.8 Å². The van der Waals surface area contributed by atoms with E-state index in [1.807, 2.05) is 12.1 Å². The molecule has 1 saturated heterocycles. The lowest BCUT2D eigenvalue weighted by Gasteiger charge is -2.22. The smallest absolute Gasteiger partial charge is 0.317 e. The van der Waals surface area contributed by atoms with Gasteiger partial charge < -0.3 is 5.32 Å². The van der Waals surface area contributed by atoms with Crippen LogP contribution in [0.2, 0.25) is 0 Å². The number of piperidine rings is 1. The summed E-state index contributed by atoms with van der Waals surface area (Å²) in [6.07, 6.45) is 2.35. The van der Waals surface area contributed by atoms with Crippen molar-refractivity contribution in [2.45, 2.75) is 18.8 Å². The highest BCUT2D eigenvalue weighted by atomic mass is 16.3. The molecular formula is C20H20NO+. The quantitative estimate of drug-likeness (QED) is 0.682. The SMILES string of the molecule is c1ccc(-c2[o+]c3ccccc3cc2C2CCNCC2)cc1. The lowest BCUT2D eigenvalue weighted by molar-refractivity contribution is 0.453. The van der Waals surface area contributed by atoms with Gasteiger partial charge >= 0.3 is 11.3 Å². The normalized spacial score (nSPS) is 16.0. The molecule has 1 aliphatic heterocycles. The summed E-state index contributed by atoms with van der Waals surface area (Å²) in [6, 6.07) is 21.1. The fourth-order valence-corrected chi connectivity index (χ4v) is 3.35. The summed E-state index contributed by atoms with van der Waals surface area (Å²) in [5.74, 6) is 1.61. The van der Waals surface area contributed by atoms with Crippen molar-refractivity contribution in [3.05, 3.63) is 66.2 Å². The fourth-order valence-electron chi connectivity index (χ4n) is 3.35. The van der Waals surface area contributed by atoms with Crippen LogP contribution in [-0.4, -0.2) is 13.1 Å². The largest absolute Gasteiger partial charge is 0.364 e. The second kappa shape index (κ2) is 5.90. The summed E-state index contributed by atoms with van der Waals surface area (Å²) in [5.41, 5.74) is 3.48. The highest BCUT2D eigenvalue weighted by molar-refractivity contribution is 5.80. The number of hydrogen-bond acceptors (Lipinski definition) is 1. The zero-order valence-electron chi connectivity index (χ0n) is 12.6. The van der Waals surface area contributed by atoms with E-state index in [0.717, 1.165) is 24.4 Å². The molecule has 0 unspecified atom stereocenters. The Labute approximate surface area is 130 Å². The van der Waals surface area contributed by atoms with Gasteiger partial charge in [-0.15, -0.1) is 0 Å². The monoisotopic (exact) mass is 290 g/mol. The Bertz CT molecular complexity index is 776. The van der Waals surface area contributed by atoms with Crippen LogP contribution >= 0.6 is 0 Å². The van der Waals surface area contributed by atoms with Gasteiger partial charge in [0.15, 0.2) is 0 Å². The van der Waals surface area contributed by atoms with Crippen LogP contribution in [0.5, 0.6) is 0 Å². The highest BCUT2D eigenvalue weighted by Crippen LogP contribution is 2.36. The zero-order valence-corrected chi connectivity index (χ0v) is 12.6. The van der Waals surface area contributed by atoms with E-state index in [4.69, 9.17) is 4.42 Å². The molecule has 4 rings (SSSR count). The fraction of sp³-hybridized carbons (Fsp3) is 0.250. The van der Waals surface area contributed by atoms with Crippen molar-refractivity contribution in [2.24, 2.45) is 0 Å². The number of para-hydroxylation sites is 1. The number of benzene rings is 2. The standard InChI is InChI=1S/C20H20NO/c1-2-6-16(7-3-1)20-18(15-10-12-21-13-11-15)14-17-8-4-5-9-19(17)22-20/h1-9,14-15,21H,10-13H2/q+1. The summed E-state index contributed by atoms with van der Waals surface area (Å²) < 4.78 is 6.31. The van der Waals surface area contributed by atoms with Crippen LogP contribution in [0.25, 0.3) is 22.3 Å². The summed E-state index contributed by atoms with van der Waals surface area (Å²) in [5, 5.41) is 4.64. The topological polar surface area (TPSA) is 23.3 Å². The minimum Gasteiger partial charge on any atom is -0.317 e. The van der Waals surface area contributed by atoms with Crippen LogP contribution in [0.1, 0.15) is 24.3 Å².